The summed E-state index contributed by atoms with van der Waals surface area (Å²) in [7, 11) is 0. The van der Waals surface area contributed by atoms with Gasteiger partial charge in [0.25, 0.3) is 0 Å². The van der Waals surface area contributed by atoms with Gasteiger partial charge in [-0.1, -0.05) is 24.6 Å². The van der Waals surface area contributed by atoms with Crippen LogP contribution in [0.2, 0.25) is 0 Å². The number of hydrogen-bond donors (Lipinski definition) is 1. The van der Waals surface area contributed by atoms with E-state index in [1.165, 1.54) is 5.57 Å². The molecule has 3 aliphatic carbocycles. The van der Waals surface area contributed by atoms with Crippen molar-refractivity contribution in [2.75, 3.05) is 6.61 Å². The van der Waals surface area contributed by atoms with Crippen LogP contribution in [0.25, 0.3) is 0 Å². The maximum atomic E-state index is 12.3. The van der Waals surface area contributed by atoms with Crippen LogP contribution in [-0.2, 0) is 4.79 Å². The predicted octanol–water partition coefficient (Wildman–Crippen LogP) is 2.16. The fourth-order valence-electron chi connectivity index (χ4n) is 3.30. The number of allylic oxidation sites excluding steroid dienone is 4. The Morgan fingerprint density at radius 2 is 2.12 bits per heavy atom. The van der Waals surface area contributed by atoms with Crippen molar-refractivity contribution in [1.29, 1.82) is 0 Å². The lowest BCUT2D eigenvalue weighted by Gasteiger charge is -2.32. The molecule has 0 aromatic rings. The van der Waals surface area contributed by atoms with Gasteiger partial charge in [-0.3, -0.25) is 4.79 Å². The molecule has 0 amide bonds. The van der Waals surface area contributed by atoms with Crippen LogP contribution in [0.3, 0.4) is 0 Å². The van der Waals surface area contributed by atoms with E-state index in [2.05, 4.69) is 6.92 Å². The highest BCUT2D eigenvalue weighted by Gasteiger charge is 2.56. The Balaban J connectivity index is 2.19. The molecule has 0 radical (unpaired) electrons. The average Bonchev–Trinajstić information content (AvgIpc) is 2.97. The van der Waals surface area contributed by atoms with Crippen LogP contribution in [0.5, 0.6) is 0 Å². The van der Waals surface area contributed by atoms with Gasteiger partial charge in [-0.2, -0.15) is 0 Å². The molecule has 1 atom stereocenters. The van der Waals surface area contributed by atoms with Gasteiger partial charge in [0.05, 0.1) is 6.61 Å². The second-order valence-electron chi connectivity index (χ2n) is 5.17. The molecule has 1 fully saturated rings. The van der Waals surface area contributed by atoms with E-state index in [1.54, 1.807) is 0 Å². The van der Waals surface area contributed by atoms with E-state index in [4.69, 9.17) is 0 Å². The van der Waals surface area contributed by atoms with Crippen molar-refractivity contribution in [2.45, 2.75) is 26.7 Å². The zero-order chi connectivity index (χ0) is 11.5. The number of carbonyl (C=O) groups is 1. The molecule has 2 nitrogen and oxygen atoms in total. The lowest BCUT2D eigenvalue weighted by Crippen LogP contribution is -2.31. The summed E-state index contributed by atoms with van der Waals surface area (Å²) in [4.78, 5) is 12.3. The summed E-state index contributed by atoms with van der Waals surface area (Å²) in [6.45, 7) is 4.21. The van der Waals surface area contributed by atoms with Gasteiger partial charge in [-0.05, 0) is 30.9 Å². The van der Waals surface area contributed by atoms with E-state index in [-0.39, 0.29) is 23.7 Å². The molecule has 0 aromatic carbocycles. The second kappa shape index (κ2) is 2.95. The van der Waals surface area contributed by atoms with Gasteiger partial charge >= 0.3 is 0 Å². The van der Waals surface area contributed by atoms with Crippen molar-refractivity contribution in [2.24, 2.45) is 11.3 Å². The minimum Gasteiger partial charge on any atom is -0.392 e. The fraction of sp³-hybridized carbons (Fsp3) is 0.500. The van der Waals surface area contributed by atoms with Crippen LogP contribution >= 0.6 is 0 Å². The second-order valence-corrected chi connectivity index (χ2v) is 5.17. The van der Waals surface area contributed by atoms with E-state index < -0.39 is 0 Å². The van der Waals surface area contributed by atoms with E-state index in [0.717, 1.165) is 29.6 Å². The Labute approximate surface area is 95.4 Å². The maximum absolute atomic E-state index is 12.3. The zero-order valence-electron chi connectivity index (χ0n) is 9.71. The summed E-state index contributed by atoms with van der Waals surface area (Å²) >= 11 is 0. The molecule has 1 spiro atoms. The first-order valence-corrected chi connectivity index (χ1v) is 5.90. The first kappa shape index (κ1) is 10.0. The number of hydrogen-bond acceptors (Lipinski definition) is 2. The van der Waals surface area contributed by atoms with Gasteiger partial charge < -0.3 is 5.11 Å². The van der Waals surface area contributed by atoms with E-state index in [1.807, 2.05) is 19.1 Å². The number of aliphatic hydroxyl groups is 1. The quantitative estimate of drug-likeness (QED) is 0.729. The standard InChI is InChI=1S/C14H16O2/c1-8-12-10(7-15)3-4-11(12)13(16)9(2)14(8)5-6-14/h3-4,9,15H,5-7H2,1-2H3/t9-/m1/s1. The zero-order valence-corrected chi connectivity index (χ0v) is 9.71. The Hall–Kier alpha value is -1.15. The fourth-order valence-corrected chi connectivity index (χ4v) is 3.30. The van der Waals surface area contributed by atoms with E-state index in [9.17, 15) is 9.90 Å². The van der Waals surface area contributed by atoms with E-state index >= 15 is 0 Å². The van der Waals surface area contributed by atoms with Crippen molar-refractivity contribution >= 4 is 5.78 Å². The Kier molecular flexibility index (Phi) is 1.85. The normalized spacial score (nSPS) is 30.4. The van der Waals surface area contributed by atoms with Gasteiger partial charge in [0, 0.05) is 16.9 Å². The lowest BCUT2D eigenvalue weighted by atomic mass is 9.70. The first-order valence-electron chi connectivity index (χ1n) is 5.90. The number of carbonyl (C=O) groups excluding carboxylic acids is 1. The molecule has 0 aliphatic heterocycles. The number of rotatable bonds is 1. The Morgan fingerprint density at radius 1 is 1.44 bits per heavy atom. The van der Waals surface area contributed by atoms with Crippen molar-refractivity contribution < 1.29 is 9.90 Å². The molecule has 2 heteroatoms. The summed E-state index contributed by atoms with van der Waals surface area (Å²) < 4.78 is 0. The highest BCUT2D eigenvalue weighted by molar-refractivity contribution is 6.06. The minimum atomic E-state index is 0.0322. The summed E-state index contributed by atoms with van der Waals surface area (Å²) in [5.41, 5.74) is 4.24. The molecular formula is C14H16O2. The molecule has 1 saturated carbocycles. The number of aliphatic hydroxyl groups excluding tert-OH is 1. The van der Waals surface area contributed by atoms with Crippen molar-refractivity contribution in [3.63, 3.8) is 0 Å². The number of Topliss-reactive ketones (excluding diaryl/α,β-unsaturated/α-hetero) is 1. The maximum Gasteiger partial charge on any atom is 0.167 e. The highest BCUT2D eigenvalue weighted by Crippen LogP contribution is 2.62. The molecular weight excluding hydrogens is 200 g/mol. The molecule has 0 heterocycles. The monoisotopic (exact) mass is 216 g/mol. The van der Waals surface area contributed by atoms with Crippen LogP contribution in [0.1, 0.15) is 26.7 Å². The third-order valence-corrected chi connectivity index (χ3v) is 4.61. The largest absolute Gasteiger partial charge is 0.392 e. The highest BCUT2D eigenvalue weighted by atomic mass is 16.3. The molecule has 0 unspecified atom stereocenters. The molecule has 1 N–H and O–H groups in total. The minimum absolute atomic E-state index is 0.0322. The third-order valence-electron chi connectivity index (χ3n) is 4.61. The van der Waals surface area contributed by atoms with Crippen molar-refractivity contribution in [3.8, 4) is 0 Å². The van der Waals surface area contributed by atoms with Gasteiger partial charge in [0.2, 0.25) is 0 Å². The van der Waals surface area contributed by atoms with Gasteiger partial charge in [0.1, 0.15) is 0 Å². The SMILES string of the molecule is CC1=C2C(CO)=CC=C2C(=O)[C@@H](C)C12CC2. The van der Waals surface area contributed by atoms with Gasteiger partial charge in [-0.25, -0.2) is 0 Å². The van der Waals surface area contributed by atoms with E-state index in [0.29, 0.717) is 0 Å². The Morgan fingerprint density at radius 3 is 2.69 bits per heavy atom. The number of fused-ring (bicyclic) bond motifs is 1. The smallest absolute Gasteiger partial charge is 0.167 e. The molecule has 0 aromatic heterocycles. The topological polar surface area (TPSA) is 37.3 Å². The van der Waals surface area contributed by atoms with Crippen LogP contribution in [0.15, 0.2) is 34.4 Å². The third kappa shape index (κ3) is 0.983. The molecule has 3 rings (SSSR count). The van der Waals surface area contributed by atoms with Crippen LogP contribution < -0.4 is 0 Å². The summed E-state index contributed by atoms with van der Waals surface area (Å²) in [5.74, 6) is 0.381. The summed E-state index contributed by atoms with van der Waals surface area (Å²) in [6, 6.07) is 0. The average molecular weight is 216 g/mol. The molecule has 84 valence electrons. The molecule has 16 heavy (non-hydrogen) atoms. The van der Waals surface area contributed by atoms with Crippen LogP contribution in [-0.4, -0.2) is 17.5 Å². The summed E-state index contributed by atoms with van der Waals surface area (Å²) in [6.07, 6.45) is 6.01. The van der Waals surface area contributed by atoms with Crippen LogP contribution in [0.4, 0.5) is 0 Å². The summed E-state index contributed by atoms with van der Waals surface area (Å²) in [5, 5.41) is 9.32. The lowest BCUT2D eigenvalue weighted by molar-refractivity contribution is -0.120. The van der Waals surface area contributed by atoms with Crippen molar-refractivity contribution in [3.05, 3.63) is 34.4 Å². The van der Waals surface area contributed by atoms with Gasteiger partial charge in [-0.15, -0.1) is 0 Å². The molecule has 0 saturated heterocycles. The first-order chi connectivity index (χ1) is 7.62. The molecule has 0 bridgehead atoms. The van der Waals surface area contributed by atoms with Crippen LogP contribution in [0, 0.1) is 11.3 Å². The Bertz CT molecular complexity index is 473. The van der Waals surface area contributed by atoms with Crippen molar-refractivity contribution in [1.82, 2.24) is 0 Å². The van der Waals surface area contributed by atoms with Gasteiger partial charge in [0.15, 0.2) is 5.78 Å². The molecule has 3 aliphatic rings. The number of ketones is 1. The predicted molar refractivity (Wildman–Crippen MR) is 61.8 cm³/mol.